The Bertz CT molecular complexity index is 869. The third-order valence-electron chi connectivity index (χ3n) is 4.55. The van der Waals surface area contributed by atoms with Crippen LogP contribution < -0.4 is 21.2 Å². The van der Waals surface area contributed by atoms with E-state index in [1.165, 1.54) is 16.7 Å². The number of benzene rings is 3. The molecule has 0 aliphatic carbocycles. The number of alkyl halides is 1. The zero-order valence-corrected chi connectivity index (χ0v) is 16.6. The van der Waals surface area contributed by atoms with Crippen molar-refractivity contribution in [1.29, 1.82) is 0 Å². The van der Waals surface area contributed by atoms with E-state index in [0.717, 1.165) is 3.83 Å². The van der Waals surface area contributed by atoms with Gasteiger partial charge in [0.05, 0.1) is 0 Å². The molecule has 26 heavy (non-hydrogen) atoms. The Balaban J connectivity index is 2.10. The predicted octanol–water partition coefficient (Wildman–Crippen LogP) is 1.01. The monoisotopic (exact) mass is 452 g/mol. The molecule has 0 radical (unpaired) electrons. The van der Waals surface area contributed by atoms with Gasteiger partial charge < -0.3 is 0 Å². The molecule has 1 heterocycles. The topological polar surface area (TPSA) is 30.7 Å². The summed E-state index contributed by atoms with van der Waals surface area (Å²) in [5.41, 5.74) is 2.96. The van der Waals surface area contributed by atoms with Gasteiger partial charge in [0.15, 0.2) is 0 Å². The summed E-state index contributed by atoms with van der Waals surface area (Å²) >= 11 is -0.171. The van der Waals surface area contributed by atoms with Crippen LogP contribution in [0, 0.1) is 3.83 Å². The molecule has 0 spiro atoms. The molecular weight excluding hydrogens is 433 g/mol. The van der Waals surface area contributed by atoms with Crippen molar-refractivity contribution in [3.63, 3.8) is 0 Å². The molecule has 3 nitrogen and oxygen atoms in total. The molecule has 0 fully saturated rings. The second-order valence-electron chi connectivity index (χ2n) is 5.96. The van der Waals surface area contributed by atoms with Crippen molar-refractivity contribution in [2.24, 2.45) is 0 Å². The van der Waals surface area contributed by atoms with Crippen molar-refractivity contribution >= 4 is 0 Å². The number of rotatable bonds is 5. The van der Waals surface area contributed by atoms with E-state index in [1.54, 1.807) is 0 Å². The molecule has 0 saturated carbocycles. The maximum atomic E-state index is 4.88. The fourth-order valence-corrected chi connectivity index (χ4v) is 4.28. The standard InChI is InChI=1S/C22H19IN3/c1-23-21-24-17-26(25-21)22(18-11-5-2-6-12-18,19-13-7-3-8-14-19)20-15-9-4-10-16-20/h2-17H,1H3/q-1. The molecule has 4 rings (SSSR count). The molecule has 0 bridgehead atoms. The maximum absolute atomic E-state index is 4.88. The van der Waals surface area contributed by atoms with Crippen molar-refractivity contribution in [1.82, 2.24) is 14.8 Å². The Morgan fingerprint density at radius 3 is 1.46 bits per heavy atom. The second kappa shape index (κ2) is 7.41. The van der Waals surface area contributed by atoms with E-state index in [2.05, 4.69) is 101 Å². The first-order chi connectivity index (χ1) is 12.9. The Kier molecular flexibility index (Phi) is 4.84. The van der Waals surface area contributed by atoms with E-state index in [4.69, 9.17) is 5.10 Å². The SMILES string of the molecule is C[I-]c1ncn(C(c2ccccc2)(c2ccccc2)c2ccccc2)n1. The number of hydrogen-bond donors (Lipinski definition) is 0. The molecule has 0 unspecified atom stereocenters. The fraction of sp³-hybridized carbons (Fsp3) is 0.0909. The van der Waals surface area contributed by atoms with E-state index < -0.39 is 5.54 Å². The molecular formula is C22H19IN3-. The van der Waals surface area contributed by atoms with Gasteiger partial charge in [0.25, 0.3) is 0 Å². The Labute approximate surface area is 164 Å². The molecule has 130 valence electrons. The predicted molar refractivity (Wildman–Crippen MR) is 99.2 cm³/mol. The molecule has 0 amide bonds. The molecule has 3 aromatic carbocycles. The minimum atomic E-state index is -0.548. The molecule has 0 atom stereocenters. The molecule has 4 aromatic rings. The van der Waals surface area contributed by atoms with Crippen LogP contribution in [0.3, 0.4) is 0 Å². The van der Waals surface area contributed by atoms with Gasteiger partial charge in [0.1, 0.15) is 0 Å². The van der Waals surface area contributed by atoms with Gasteiger partial charge in [-0.15, -0.1) is 0 Å². The number of hydrogen-bond acceptors (Lipinski definition) is 2. The average molecular weight is 452 g/mol. The summed E-state index contributed by atoms with van der Waals surface area (Å²) in [6, 6.07) is 31.7. The summed E-state index contributed by atoms with van der Waals surface area (Å²) in [6.07, 6.45) is 1.88. The molecule has 4 heteroatoms. The zero-order chi connectivity index (χ0) is 17.8. The summed E-state index contributed by atoms with van der Waals surface area (Å²) in [5, 5.41) is 4.88. The fourth-order valence-electron chi connectivity index (χ4n) is 3.43. The van der Waals surface area contributed by atoms with Crippen LogP contribution in [0.25, 0.3) is 0 Å². The first-order valence-electron chi connectivity index (χ1n) is 8.44. The molecule has 0 aliphatic heterocycles. The van der Waals surface area contributed by atoms with Crippen molar-refractivity contribution < 1.29 is 21.2 Å². The van der Waals surface area contributed by atoms with Crippen molar-refractivity contribution in [3.8, 4) is 0 Å². The Hall–Kier alpha value is -2.47. The van der Waals surface area contributed by atoms with Gasteiger partial charge in [0, 0.05) is 0 Å². The van der Waals surface area contributed by atoms with Crippen molar-refractivity contribution in [2.75, 3.05) is 4.93 Å². The summed E-state index contributed by atoms with van der Waals surface area (Å²) in [4.78, 5) is 6.77. The summed E-state index contributed by atoms with van der Waals surface area (Å²) in [6.45, 7) is 0. The van der Waals surface area contributed by atoms with Gasteiger partial charge in [-0.1, -0.05) is 0 Å². The molecule has 0 aliphatic rings. The first-order valence-corrected chi connectivity index (χ1v) is 11.7. The van der Waals surface area contributed by atoms with Crippen molar-refractivity contribution in [3.05, 3.63) is 118 Å². The number of nitrogens with zero attached hydrogens (tertiary/aromatic N) is 3. The van der Waals surface area contributed by atoms with Crippen LogP contribution in [-0.2, 0) is 5.54 Å². The van der Waals surface area contributed by atoms with Crippen LogP contribution in [0.15, 0.2) is 97.3 Å². The second-order valence-corrected chi connectivity index (χ2v) is 8.00. The van der Waals surface area contributed by atoms with Crippen LogP contribution in [-0.4, -0.2) is 19.7 Å². The zero-order valence-electron chi connectivity index (χ0n) is 14.5. The Morgan fingerprint density at radius 2 is 1.12 bits per heavy atom. The molecule has 1 aromatic heterocycles. The van der Waals surface area contributed by atoms with E-state index in [9.17, 15) is 0 Å². The van der Waals surface area contributed by atoms with Crippen LogP contribution >= 0.6 is 0 Å². The van der Waals surface area contributed by atoms with E-state index in [-0.39, 0.29) is 21.2 Å². The van der Waals surface area contributed by atoms with Gasteiger partial charge in [0.2, 0.25) is 0 Å². The Morgan fingerprint density at radius 1 is 0.692 bits per heavy atom. The summed E-state index contributed by atoms with van der Waals surface area (Å²) in [7, 11) is 0. The first kappa shape index (κ1) is 17.0. The average Bonchev–Trinajstić information content (AvgIpc) is 3.21. The summed E-state index contributed by atoms with van der Waals surface area (Å²) < 4.78 is 2.99. The quantitative estimate of drug-likeness (QED) is 0.257. The third-order valence-corrected chi connectivity index (χ3v) is 6.01. The molecule has 0 saturated heterocycles. The van der Waals surface area contributed by atoms with E-state index in [1.807, 2.05) is 11.0 Å². The molecule has 0 N–H and O–H groups in total. The van der Waals surface area contributed by atoms with Crippen molar-refractivity contribution in [2.45, 2.75) is 5.54 Å². The van der Waals surface area contributed by atoms with Gasteiger partial charge in [-0.25, -0.2) is 0 Å². The van der Waals surface area contributed by atoms with Crippen LogP contribution in [0.2, 0.25) is 0 Å². The van der Waals surface area contributed by atoms with Gasteiger partial charge >= 0.3 is 164 Å². The number of halogens is 1. The van der Waals surface area contributed by atoms with Crippen LogP contribution in [0.1, 0.15) is 16.7 Å². The van der Waals surface area contributed by atoms with Gasteiger partial charge in [-0.3, -0.25) is 0 Å². The summed E-state index contributed by atoms with van der Waals surface area (Å²) in [5.74, 6) is 0. The van der Waals surface area contributed by atoms with Crippen LogP contribution in [0.5, 0.6) is 0 Å². The minimum absolute atomic E-state index is 0.171. The van der Waals surface area contributed by atoms with Gasteiger partial charge in [-0.2, -0.15) is 0 Å². The van der Waals surface area contributed by atoms with Crippen LogP contribution in [0.4, 0.5) is 0 Å². The van der Waals surface area contributed by atoms with Gasteiger partial charge in [-0.05, 0) is 0 Å². The normalized spacial score (nSPS) is 11.6. The third kappa shape index (κ3) is 2.84. The van der Waals surface area contributed by atoms with E-state index in [0.29, 0.717) is 0 Å². The van der Waals surface area contributed by atoms with E-state index >= 15 is 0 Å². The number of aromatic nitrogens is 3.